The first-order valence-electron chi connectivity index (χ1n) is 8.80. The van der Waals surface area contributed by atoms with Crippen molar-refractivity contribution < 1.29 is 19.5 Å². The number of carboxylic acids is 1. The van der Waals surface area contributed by atoms with Crippen LogP contribution in [0.2, 0.25) is 0 Å². The maximum absolute atomic E-state index is 13.0. The number of carboxylic acid groups (broad SMARTS) is 1. The van der Waals surface area contributed by atoms with E-state index in [1.54, 1.807) is 36.1 Å². The van der Waals surface area contributed by atoms with Gasteiger partial charge in [-0.05, 0) is 51.3 Å². The minimum atomic E-state index is -0.870. The van der Waals surface area contributed by atoms with Gasteiger partial charge in [-0.2, -0.15) is 0 Å². The van der Waals surface area contributed by atoms with E-state index < -0.39 is 11.9 Å². The van der Waals surface area contributed by atoms with Crippen molar-refractivity contribution in [1.82, 2.24) is 10.2 Å². The average molecular weight is 346 g/mol. The second-order valence-corrected chi connectivity index (χ2v) is 6.66. The van der Waals surface area contributed by atoms with Gasteiger partial charge in [-0.25, -0.2) is 0 Å². The van der Waals surface area contributed by atoms with Gasteiger partial charge in [0, 0.05) is 29.8 Å². The molecule has 0 aromatic heterocycles. The number of amides is 2. The Bertz CT molecular complexity index is 659. The predicted octanol–water partition coefficient (Wildman–Crippen LogP) is 2.54. The summed E-state index contributed by atoms with van der Waals surface area (Å²) in [5.74, 6) is -1.86. The number of nitrogens with one attached hydrogen (secondary N) is 1. The number of hydrogen-bond donors (Lipinski definition) is 2. The van der Waals surface area contributed by atoms with Gasteiger partial charge in [-0.3, -0.25) is 14.4 Å². The van der Waals surface area contributed by atoms with Crippen molar-refractivity contribution in [1.29, 1.82) is 0 Å². The molecule has 0 saturated carbocycles. The number of rotatable bonds is 5. The van der Waals surface area contributed by atoms with Crippen LogP contribution in [0.5, 0.6) is 0 Å². The highest BCUT2D eigenvalue weighted by Gasteiger charge is 2.39. The monoisotopic (exact) mass is 346 g/mol. The van der Waals surface area contributed by atoms with E-state index in [2.05, 4.69) is 5.32 Å². The standard InChI is InChI=1S/C19H26N2O4/c1-4-10-20-17(22)14-6-5-7-15(11-14)18(23)21-12(2)8-9-16(13(21)3)19(24)25/h5-7,11-13,16H,4,8-10H2,1-3H3,(H,20,22)(H,24,25). The van der Waals surface area contributed by atoms with Crippen LogP contribution in [0.25, 0.3) is 0 Å². The van der Waals surface area contributed by atoms with E-state index in [4.69, 9.17) is 0 Å². The lowest BCUT2D eigenvalue weighted by atomic mass is 9.86. The summed E-state index contributed by atoms with van der Waals surface area (Å²) in [6.45, 7) is 6.27. The number of aliphatic carboxylic acids is 1. The van der Waals surface area contributed by atoms with Gasteiger partial charge >= 0.3 is 5.97 Å². The van der Waals surface area contributed by atoms with Crippen molar-refractivity contribution in [2.45, 2.75) is 52.1 Å². The lowest BCUT2D eigenvalue weighted by molar-refractivity contribution is -0.145. The zero-order valence-electron chi connectivity index (χ0n) is 15.0. The molecule has 0 radical (unpaired) electrons. The van der Waals surface area contributed by atoms with E-state index >= 15 is 0 Å². The second-order valence-electron chi connectivity index (χ2n) is 6.66. The minimum Gasteiger partial charge on any atom is -0.481 e. The average Bonchev–Trinajstić information content (AvgIpc) is 2.59. The normalized spacial score (nSPS) is 23.2. The molecule has 0 bridgehead atoms. The third-order valence-electron chi connectivity index (χ3n) is 4.85. The molecule has 2 N–H and O–H groups in total. The Balaban J connectivity index is 2.24. The van der Waals surface area contributed by atoms with Crippen LogP contribution in [0.3, 0.4) is 0 Å². The van der Waals surface area contributed by atoms with Gasteiger partial charge in [0.25, 0.3) is 11.8 Å². The molecule has 1 aliphatic heterocycles. The minimum absolute atomic E-state index is 0.0318. The van der Waals surface area contributed by atoms with Crippen LogP contribution in [0, 0.1) is 5.92 Å². The molecule has 2 rings (SSSR count). The number of benzene rings is 1. The molecule has 1 aliphatic rings. The predicted molar refractivity (Wildman–Crippen MR) is 94.5 cm³/mol. The molecule has 0 spiro atoms. The molecule has 136 valence electrons. The molecule has 6 heteroatoms. The zero-order valence-corrected chi connectivity index (χ0v) is 15.0. The van der Waals surface area contributed by atoms with Crippen molar-refractivity contribution >= 4 is 17.8 Å². The highest BCUT2D eigenvalue weighted by Crippen LogP contribution is 2.29. The fraction of sp³-hybridized carbons (Fsp3) is 0.526. The molecule has 1 aromatic rings. The van der Waals surface area contributed by atoms with E-state index in [-0.39, 0.29) is 23.9 Å². The molecule has 3 unspecified atom stereocenters. The summed E-state index contributed by atoms with van der Waals surface area (Å²) in [5.41, 5.74) is 0.847. The lowest BCUT2D eigenvalue weighted by Gasteiger charge is -2.42. The number of carbonyl (C=O) groups is 3. The smallest absolute Gasteiger partial charge is 0.308 e. The van der Waals surface area contributed by atoms with Crippen LogP contribution in [0.1, 0.15) is 60.7 Å². The third kappa shape index (κ3) is 4.18. The van der Waals surface area contributed by atoms with Gasteiger partial charge in [0.15, 0.2) is 0 Å². The van der Waals surface area contributed by atoms with Gasteiger partial charge in [-0.15, -0.1) is 0 Å². The summed E-state index contributed by atoms with van der Waals surface area (Å²) in [4.78, 5) is 38.2. The SMILES string of the molecule is CCCNC(=O)c1cccc(C(=O)N2C(C)CCC(C(=O)O)C2C)c1. The van der Waals surface area contributed by atoms with Crippen LogP contribution >= 0.6 is 0 Å². The molecule has 1 fully saturated rings. The highest BCUT2D eigenvalue weighted by molar-refractivity contribution is 6.00. The summed E-state index contributed by atoms with van der Waals surface area (Å²) in [6.07, 6.45) is 2.06. The Labute approximate surface area is 148 Å². The number of nitrogens with zero attached hydrogens (tertiary/aromatic N) is 1. The fourth-order valence-electron chi connectivity index (χ4n) is 3.39. The number of likely N-dealkylation sites (tertiary alicyclic amines) is 1. The van der Waals surface area contributed by atoms with Crippen molar-refractivity contribution in [3.05, 3.63) is 35.4 Å². The summed E-state index contributed by atoms with van der Waals surface area (Å²) < 4.78 is 0. The van der Waals surface area contributed by atoms with Crippen LogP contribution in [0.4, 0.5) is 0 Å². The quantitative estimate of drug-likeness (QED) is 0.858. The van der Waals surface area contributed by atoms with Gasteiger partial charge in [0.2, 0.25) is 0 Å². The highest BCUT2D eigenvalue weighted by atomic mass is 16.4. The molecule has 0 aliphatic carbocycles. The summed E-state index contributed by atoms with van der Waals surface area (Å²) >= 11 is 0. The van der Waals surface area contributed by atoms with E-state index in [1.807, 2.05) is 13.8 Å². The first kappa shape index (κ1) is 19.0. The van der Waals surface area contributed by atoms with Crippen LogP contribution in [-0.2, 0) is 4.79 Å². The molecule has 3 atom stereocenters. The van der Waals surface area contributed by atoms with Gasteiger partial charge < -0.3 is 15.3 Å². The largest absolute Gasteiger partial charge is 0.481 e. The Morgan fingerprint density at radius 3 is 2.52 bits per heavy atom. The molecule has 1 saturated heterocycles. The molecule has 2 amide bonds. The molecular weight excluding hydrogens is 320 g/mol. The van der Waals surface area contributed by atoms with E-state index in [0.29, 0.717) is 30.5 Å². The van der Waals surface area contributed by atoms with Crippen LogP contribution in [-0.4, -0.2) is 46.4 Å². The second kappa shape index (κ2) is 8.14. The number of carbonyl (C=O) groups excluding carboxylic acids is 2. The van der Waals surface area contributed by atoms with Crippen LogP contribution in [0.15, 0.2) is 24.3 Å². The first-order chi connectivity index (χ1) is 11.9. The Hall–Kier alpha value is -2.37. The molecule has 1 heterocycles. The number of hydrogen-bond acceptors (Lipinski definition) is 3. The van der Waals surface area contributed by atoms with Gasteiger partial charge in [0.1, 0.15) is 0 Å². The third-order valence-corrected chi connectivity index (χ3v) is 4.85. The molecule has 1 aromatic carbocycles. The fourth-order valence-corrected chi connectivity index (χ4v) is 3.39. The summed E-state index contributed by atoms with van der Waals surface area (Å²) in [6, 6.07) is 6.19. The van der Waals surface area contributed by atoms with E-state index in [1.165, 1.54) is 0 Å². The van der Waals surface area contributed by atoms with Gasteiger partial charge in [-0.1, -0.05) is 13.0 Å². The Morgan fingerprint density at radius 1 is 1.20 bits per heavy atom. The van der Waals surface area contributed by atoms with E-state index in [9.17, 15) is 19.5 Å². The van der Waals surface area contributed by atoms with Crippen molar-refractivity contribution in [2.75, 3.05) is 6.54 Å². The van der Waals surface area contributed by atoms with E-state index in [0.717, 1.165) is 6.42 Å². The number of piperidine rings is 1. The van der Waals surface area contributed by atoms with Crippen molar-refractivity contribution in [2.24, 2.45) is 5.92 Å². The summed E-state index contributed by atoms with van der Waals surface area (Å²) in [7, 11) is 0. The topological polar surface area (TPSA) is 86.7 Å². The van der Waals surface area contributed by atoms with Crippen molar-refractivity contribution in [3.8, 4) is 0 Å². The first-order valence-corrected chi connectivity index (χ1v) is 8.80. The Morgan fingerprint density at radius 2 is 1.88 bits per heavy atom. The lowest BCUT2D eigenvalue weighted by Crippen LogP contribution is -2.53. The van der Waals surface area contributed by atoms with Crippen molar-refractivity contribution in [3.63, 3.8) is 0 Å². The maximum atomic E-state index is 13.0. The molecule has 25 heavy (non-hydrogen) atoms. The van der Waals surface area contributed by atoms with Gasteiger partial charge in [0.05, 0.1) is 5.92 Å². The molecular formula is C19H26N2O4. The molecule has 6 nitrogen and oxygen atoms in total. The van der Waals surface area contributed by atoms with Crippen LogP contribution < -0.4 is 5.32 Å². The maximum Gasteiger partial charge on any atom is 0.308 e. The zero-order chi connectivity index (χ0) is 18.6. The summed E-state index contributed by atoms with van der Waals surface area (Å²) in [5, 5.41) is 12.2. The Kier molecular flexibility index (Phi) is 6.17.